The van der Waals surface area contributed by atoms with Crippen molar-refractivity contribution in [3.63, 3.8) is 0 Å². The molecule has 2 aromatic rings. The van der Waals surface area contributed by atoms with Crippen LogP contribution >= 0.6 is 11.6 Å². The summed E-state index contributed by atoms with van der Waals surface area (Å²) < 4.78 is 7.32. The molecule has 0 unspecified atom stereocenters. The number of hydrogen-bond donors (Lipinski definition) is 0. The normalized spacial score (nSPS) is 20.8. The van der Waals surface area contributed by atoms with Crippen molar-refractivity contribution in [3.05, 3.63) is 52.6 Å². The Morgan fingerprint density at radius 2 is 2.16 bits per heavy atom. The van der Waals surface area contributed by atoms with E-state index in [1.807, 2.05) is 37.3 Å². The third-order valence-corrected chi connectivity index (χ3v) is 6.77. The molecule has 7 nitrogen and oxygen atoms in total. The monoisotopic (exact) mass is 455 g/mol. The summed E-state index contributed by atoms with van der Waals surface area (Å²) in [6.45, 7) is 3.37. The van der Waals surface area contributed by atoms with Gasteiger partial charge in [-0.2, -0.15) is 10.2 Å². The molecule has 32 heavy (non-hydrogen) atoms. The molecule has 1 aromatic heterocycles. The van der Waals surface area contributed by atoms with Crippen molar-refractivity contribution in [1.82, 2.24) is 14.5 Å². The van der Waals surface area contributed by atoms with Crippen LogP contribution in [0.1, 0.15) is 53.8 Å². The Bertz CT molecular complexity index is 1040. The molecule has 8 heteroatoms. The fourth-order valence-electron chi connectivity index (χ4n) is 4.75. The van der Waals surface area contributed by atoms with E-state index in [2.05, 4.69) is 19.8 Å². The van der Waals surface area contributed by atoms with Gasteiger partial charge in [-0.25, -0.2) is 4.98 Å². The summed E-state index contributed by atoms with van der Waals surface area (Å²) in [4.78, 5) is 19.3. The average Bonchev–Trinajstić information content (AvgIpc) is 3.43. The van der Waals surface area contributed by atoms with Gasteiger partial charge in [0.05, 0.1) is 30.0 Å². The van der Waals surface area contributed by atoms with Gasteiger partial charge in [-0.3, -0.25) is 4.79 Å². The van der Waals surface area contributed by atoms with Crippen molar-refractivity contribution in [3.8, 4) is 0 Å². The second-order valence-corrected chi connectivity index (χ2v) is 9.06. The predicted molar refractivity (Wildman–Crippen MR) is 127 cm³/mol. The number of aryl methyl sites for hydroxylation is 1. The molecular formula is C24H30ClN5O2. The Morgan fingerprint density at radius 1 is 1.31 bits per heavy atom. The van der Waals surface area contributed by atoms with E-state index in [9.17, 15) is 4.79 Å². The molecule has 2 atom stereocenters. The standard InChI is InChI=1S/C24H30ClN5O2/c1-16-23(30(15-26-16)10-11-32-3)22-14-21(27-28-22)17-6-5-9-20(13-17)29(2)24(31)18-7-4-8-19(25)12-18/h4,7-8,12,15,17,20H,5-6,9-11,13-14H2,1-3H3/t17-,20+/m0/s1. The van der Waals surface area contributed by atoms with Crippen LogP contribution in [-0.2, 0) is 11.3 Å². The van der Waals surface area contributed by atoms with Crippen molar-refractivity contribution in [2.24, 2.45) is 16.1 Å². The zero-order valence-electron chi connectivity index (χ0n) is 18.9. The number of amides is 1. The van der Waals surface area contributed by atoms with Crippen molar-refractivity contribution in [2.75, 3.05) is 20.8 Å². The highest BCUT2D eigenvalue weighted by Crippen LogP contribution is 2.32. The number of hydrogen-bond acceptors (Lipinski definition) is 5. The third kappa shape index (κ3) is 4.79. The molecule has 0 radical (unpaired) electrons. The summed E-state index contributed by atoms with van der Waals surface area (Å²) in [6.07, 6.45) is 6.65. The number of benzene rings is 1. The maximum absolute atomic E-state index is 13.0. The van der Waals surface area contributed by atoms with Crippen LogP contribution in [0.15, 0.2) is 40.8 Å². The zero-order valence-corrected chi connectivity index (χ0v) is 19.7. The number of carbonyl (C=O) groups excluding carboxylic acids is 1. The number of methoxy groups -OCH3 is 1. The van der Waals surface area contributed by atoms with Crippen LogP contribution in [0.2, 0.25) is 5.02 Å². The third-order valence-electron chi connectivity index (χ3n) is 6.54. The minimum atomic E-state index is 0.0149. The second kappa shape index (κ2) is 9.96. The van der Waals surface area contributed by atoms with Crippen LogP contribution < -0.4 is 0 Å². The number of aromatic nitrogens is 2. The molecule has 170 valence electrons. The first kappa shape index (κ1) is 22.7. The Labute approximate surface area is 194 Å². The van der Waals surface area contributed by atoms with E-state index in [0.29, 0.717) is 23.1 Å². The summed E-state index contributed by atoms with van der Waals surface area (Å²) in [7, 11) is 3.60. The van der Waals surface area contributed by atoms with Crippen LogP contribution in [0.4, 0.5) is 0 Å². The van der Waals surface area contributed by atoms with Gasteiger partial charge < -0.3 is 14.2 Å². The van der Waals surface area contributed by atoms with E-state index in [0.717, 1.165) is 61.5 Å². The Hall–Kier alpha value is -2.51. The van der Waals surface area contributed by atoms with E-state index < -0.39 is 0 Å². The topological polar surface area (TPSA) is 72.1 Å². The van der Waals surface area contributed by atoms with Crippen molar-refractivity contribution in [1.29, 1.82) is 0 Å². The van der Waals surface area contributed by atoms with Crippen LogP contribution in [0.5, 0.6) is 0 Å². The maximum atomic E-state index is 13.0. The smallest absolute Gasteiger partial charge is 0.253 e. The van der Waals surface area contributed by atoms with E-state index >= 15 is 0 Å². The first-order chi connectivity index (χ1) is 15.5. The van der Waals surface area contributed by atoms with Crippen molar-refractivity contribution in [2.45, 2.75) is 51.6 Å². The zero-order chi connectivity index (χ0) is 22.7. The molecule has 1 fully saturated rings. The molecule has 2 heterocycles. The molecule has 4 rings (SSSR count). The SMILES string of the molecule is COCCn1cnc(C)c1C1=NN=C([C@H]2CCC[C@@H](N(C)C(=O)c3cccc(Cl)c3)C2)C1. The van der Waals surface area contributed by atoms with Gasteiger partial charge in [-0.1, -0.05) is 24.1 Å². The number of ether oxygens (including phenoxy) is 1. The second-order valence-electron chi connectivity index (χ2n) is 8.62. The summed E-state index contributed by atoms with van der Waals surface area (Å²) in [5, 5.41) is 9.69. The molecule has 1 aliphatic heterocycles. The largest absolute Gasteiger partial charge is 0.383 e. The van der Waals surface area contributed by atoms with Crippen molar-refractivity contribution < 1.29 is 9.53 Å². The van der Waals surface area contributed by atoms with E-state index in [1.165, 1.54) is 0 Å². The number of nitrogens with zero attached hydrogens (tertiary/aromatic N) is 5. The first-order valence-electron chi connectivity index (χ1n) is 11.1. The molecular weight excluding hydrogens is 426 g/mol. The first-order valence-corrected chi connectivity index (χ1v) is 11.5. The van der Waals surface area contributed by atoms with Gasteiger partial charge in [0.15, 0.2) is 0 Å². The van der Waals surface area contributed by atoms with Crippen LogP contribution in [0, 0.1) is 12.8 Å². The summed E-state index contributed by atoms with van der Waals surface area (Å²) in [5.41, 5.74) is 4.72. The molecule has 0 bridgehead atoms. The average molecular weight is 456 g/mol. The maximum Gasteiger partial charge on any atom is 0.253 e. The molecule has 0 saturated heterocycles. The molecule has 1 aliphatic carbocycles. The highest BCUT2D eigenvalue weighted by molar-refractivity contribution is 6.31. The summed E-state index contributed by atoms with van der Waals surface area (Å²) in [6, 6.07) is 7.34. The highest BCUT2D eigenvalue weighted by Gasteiger charge is 2.33. The van der Waals surface area contributed by atoms with Gasteiger partial charge in [0.25, 0.3) is 5.91 Å². The minimum absolute atomic E-state index is 0.0149. The summed E-state index contributed by atoms with van der Waals surface area (Å²) in [5.74, 6) is 0.349. The molecule has 2 aliphatic rings. The Kier molecular flexibility index (Phi) is 7.06. The van der Waals surface area contributed by atoms with Crippen LogP contribution in [-0.4, -0.2) is 58.6 Å². The lowest BCUT2D eigenvalue weighted by Gasteiger charge is -2.35. The number of rotatable bonds is 7. The van der Waals surface area contributed by atoms with Gasteiger partial charge in [-0.15, -0.1) is 0 Å². The molecule has 1 amide bonds. The number of halogens is 1. The lowest BCUT2D eigenvalue weighted by Crippen LogP contribution is -2.41. The van der Waals surface area contributed by atoms with Gasteiger partial charge >= 0.3 is 0 Å². The van der Waals surface area contributed by atoms with Gasteiger partial charge in [0.2, 0.25) is 0 Å². The van der Waals surface area contributed by atoms with Gasteiger partial charge in [0.1, 0.15) is 0 Å². The molecule has 1 saturated carbocycles. The lowest BCUT2D eigenvalue weighted by atomic mass is 9.80. The van der Waals surface area contributed by atoms with Crippen LogP contribution in [0.25, 0.3) is 0 Å². The fraction of sp³-hybridized carbons (Fsp3) is 0.500. The fourth-order valence-corrected chi connectivity index (χ4v) is 4.94. The Morgan fingerprint density at radius 3 is 2.94 bits per heavy atom. The van der Waals surface area contributed by atoms with Crippen molar-refractivity contribution >= 4 is 28.9 Å². The molecule has 1 aromatic carbocycles. The van der Waals surface area contributed by atoms with Gasteiger partial charge in [-0.05, 0) is 44.4 Å². The number of imidazole rings is 1. The molecule has 0 spiro atoms. The van der Waals surface area contributed by atoms with E-state index in [1.54, 1.807) is 19.2 Å². The number of carbonyl (C=O) groups is 1. The predicted octanol–water partition coefficient (Wildman–Crippen LogP) is 4.37. The highest BCUT2D eigenvalue weighted by atomic mass is 35.5. The summed E-state index contributed by atoms with van der Waals surface area (Å²) >= 11 is 6.08. The Balaban J connectivity index is 1.41. The van der Waals surface area contributed by atoms with Crippen LogP contribution in [0.3, 0.4) is 0 Å². The molecule has 0 N–H and O–H groups in total. The lowest BCUT2D eigenvalue weighted by molar-refractivity contribution is 0.0683. The van der Waals surface area contributed by atoms with Gasteiger partial charge in [0, 0.05) is 55.4 Å². The van der Waals surface area contributed by atoms with E-state index in [4.69, 9.17) is 16.3 Å². The van der Waals surface area contributed by atoms with E-state index in [-0.39, 0.29) is 11.9 Å². The quantitative estimate of drug-likeness (QED) is 0.622. The minimum Gasteiger partial charge on any atom is -0.383 e.